The molecule has 1 heterocycles. The van der Waals surface area contributed by atoms with E-state index < -0.39 is 0 Å². The Balaban J connectivity index is 2.17. The molecule has 0 N–H and O–H groups in total. The van der Waals surface area contributed by atoms with Crippen molar-refractivity contribution in [1.82, 2.24) is 14.8 Å². The van der Waals surface area contributed by atoms with Crippen LogP contribution in [0.1, 0.15) is 32.2 Å². The Bertz CT molecular complexity index is 526. The number of hydrogen-bond donors (Lipinski definition) is 0. The SMILES string of the molecule is Cn1cnnc1COc1ccccc1C(C)(C)C. The summed E-state index contributed by atoms with van der Waals surface area (Å²) in [6.45, 7) is 6.97. The van der Waals surface area contributed by atoms with Crippen molar-refractivity contribution < 1.29 is 4.74 Å². The van der Waals surface area contributed by atoms with E-state index in [2.05, 4.69) is 37.0 Å². The van der Waals surface area contributed by atoms with Crippen LogP contribution in [0.5, 0.6) is 5.75 Å². The van der Waals surface area contributed by atoms with E-state index in [4.69, 9.17) is 4.74 Å². The molecule has 0 radical (unpaired) electrons. The minimum absolute atomic E-state index is 0.0660. The standard InChI is InChI=1S/C14H19N3O/c1-14(2,3)11-7-5-6-8-12(11)18-9-13-16-15-10-17(13)4/h5-8,10H,9H2,1-4H3. The molecule has 0 spiro atoms. The van der Waals surface area contributed by atoms with Crippen molar-refractivity contribution in [2.45, 2.75) is 32.8 Å². The number of benzene rings is 1. The molecule has 0 saturated carbocycles. The van der Waals surface area contributed by atoms with Gasteiger partial charge >= 0.3 is 0 Å². The zero-order chi connectivity index (χ0) is 13.2. The van der Waals surface area contributed by atoms with Gasteiger partial charge in [0.05, 0.1) is 0 Å². The predicted octanol–water partition coefficient (Wildman–Crippen LogP) is 2.69. The number of nitrogens with zero attached hydrogens (tertiary/aromatic N) is 3. The van der Waals surface area contributed by atoms with E-state index in [1.165, 1.54) is 5.56 Å². The fourth-order valence-corrected chi connectivity index (χ4v) is 1.79. The average Bonchev–Trinajstić information content (AvgIpc) is 2.71. The first-order valence-corrected chi connectivity index (χ1v) is 6.03. The van der Waals surface area contributed by atoms with E-state index in [-0.39, 0.29) is 5.41 Å². The lowest BCUT2D eigenvalue weighted by Crippen LogP contribution is -2.14. The highest BCUT2D eigenvalue weighted by Gasteiger charge is 2.18. The third-order valence-electron chi connectivity index (χ3n) is 2.86. The van der Waals surface area contributed by atoms with Crippen LogP contribution < -0.4 is 4.74 Å². The molecule has 0 unspecified atom stereocenters. The van der Waals surface area contributed by atoms with Crippen LogP contribution in [0.25, 0.3) is 0 Å². The Morgan fingerprint density at radius 2 is 1.94 bits per heavy atom. The molecule has 4 heteroatoms. The van der Waals surface area contributed by atoms with Gasteiger partial charge in [-0.15, -0.1) is 10.2 Å². The van der Waals surface area contributed by atoms with Crippen LogP contribution >= 0.6 is 0 Å². The third-order valence-corrected chi connectivity index (χ3v) is 2.86. The highest BCUT2D eigenvalue weighted by Crippen LogP contribution is 2.31. The Hall–Kier alpha value is -1.84. The summed E-state index contributed by atoms with van der Waals surface area (Å²) in [6.07, 6.45) is 1.67. The largest absolute Gasteiger partial charge is 0.485 e. The summed E-state index contributed by atoms with van der Waals surface area (Å²) in [6, 6.07) is 8.12. The van der Waals surface area contributed by atoms with Gasteiger partial charge in [-0.1, -0.05) is 39.0 Å². The molecule has 0 aliphatic rings. The molecule has 0 aliphatic carbocycles. The van der Waals surface area contributed by atoms with E-state index in [1.54, 1.807) is 6.33 Å². The number of ether oxygens (including phenoxy) is 1. The topological polar surface area (TPSA) is 39.9 Å². The lowest BCUT2D eigenvalue weighted by atomic mass is 9.86. The molecule has 0 amide bonds. The van der Waals surface area contributed by atoms with Gasteiger partial charge in [-0.05, 0) is 17.0 Å². The van der Waals surface area contributed by atoms with Gasteiger partial charge < -0.3 is 9.30 Å². The highest BCUT2D eigenvalue weighted by molar-refractivity contribution is 5.38. The fourth-order valence-electron chi connectivity index (χ4n) is 1.79. The minimum atomic E-state index is 0.0660. The monoisotopic (exact) mass is 245 g/mol. The maximum Gasteiger partial charge on any atom is 0.170 e. The number of hydrogen-bond acceptors (Lipinski definition) is 3. The van der Waals surface area contributed by atoms with E-state index in [1.807, 2.05) is 29.8 Å². The van der Waals surface area contributed by atoms with Crippen molar-refractivity contribution in [3.63, 3.8) is 0 Å². The van der Waals surface area contributed by atoms with Gasteiger partial charge in [0.2, 0.25) is 0 Å². The third kappa shape index (κ3) is 2.70. The number of rotatable bonds is 3. The first kappa shape index (κ1) is 12.6. The lowest BCUT2D eigenvalue weighted by Gasteiger charge is -2.22. The Morgan fingerprint density at radius 3 is 2.56 bits per heavy atom. The van der Waals surface area contributed by atoms with Crippen LogP contribution in [0, 0.1) is 0 Å². The van der Waals surface area contributed by atoms with Crippen LogP contribution in [0.4, 0.5) is 0 Å². The van der Waals surface area contributed by atoms with Gasteiger partial charge in [0.15, 0.2) is 5.82 Å². The Kier molecular flexibility index (Phi) is 3.36. The molecule has 1 aromatic heterocycles. The molecule has 0 aliphatic heterocycles. The van der Waals surface area contributed by atoms with Crippen molar-refractivity contribution in [1.29, 1.82) is 0 Å². The molecule has 4 nitrogen and oxygen atoms in total. The first-order valence-electron chi connectivity index (χ1n) is 6.03. The molecule has 96 valence electrons. The Labute approximate surface area is 108 Å². The van der Waals surface area contributed by atoms with Crippen molar-refractivity contribution >= 4 is 0 Å². The van der Waals surface area contributed by atoms with E-state index >= 15 is 0 Å². The maximum atomic E-state index is 5.87. The zero-order valence-electron chi connectivity index (χ0n) is 11.3. The van der Waals surface area contributed by atoms with Gasteiger partial charge in [-0.2, -0.15) is 0 Å². The quantitative estimate of drug-likeness (QED) is 0.834. The van der Waals surface area contributed by atoms with Crippen molar-refractivity contribution in [2.75, 3.05) is 0 Å². The minimum Gasteiger partial charge on any atom is -0.485 e. The predicted molar refractivity (Wildman–Crippen MR) is 70.5 cm³/mol. The van der Waals surface area contributed by atoms with Crippen molar-refractivity contribution in [3.05, 3.63) is 42.0 Å². The normalized spacial score (nSPS) is 11.6. The molecular weight excluding hydrogens is 226 g/mol. The summed E-state index contributed by atoms with van der Waals surface area (Å²) in [4.78, 5) is 0. The molecule has 0 saturated heterocycles. The number of aryl methyl sites for hydroxylation is 1. The molecule has 0 fully saturated rings. The molecule has 0 bridgehead atoms. The highest BCUT2D eigenvalue weighted by atomic mass is 16.5. The smallest absolute Gasteiger partial charge is 0.170 e. The molecule has 2 rings (SSSR count). The molecular formula is C14H19N3O. The van der Waals surface area contributed by atoms with Gasteiger partial charge in [-0.3, -0.25) is 0 Å². The number of aromatic nitrogens is 3. The van der Waals surface area contributed by atoms with Crippen LogP contribution in [0.2, 0.25) is 0 Å². The van der Waals surface area contributed by atoms with Gasteiger partial charge in [0, 0.05) is 7.05 Å². The van der Waals surface area contributed by atoms with Gasteiger partial charge in [-0.25, -0.2) is 0 Å². The summed E-state index contributed by atoms with van der Waals surface area (Å²) in [5, 5.41) is 7.85. The number of para-hydroxylation sites is 1. The first-order chi connectivity index (χ1) is 8.48. The van der Waals surface area contributed by atoms with Crippen LogP contribution in [0.15, 0.2) is 30.6 Å². The summed E-state index contributed by atoms with van der Waals surface area (Å²) in [7, 11) is 1.91. The van der Waals surface area contributed by atoms with E-state index in [0.29, 0.717) is 6.61 Å². The molecule has 18 heavy (non-hydrogen) atoms. The fraction of sp³-hybridized carbons (Fsp3) is 0.429. The summed E-state index contributed by atoms with van der Waals surface area (Å²) >= 11 is 0. The summed E-state index contributed by atoms with van der Waals surface area (Å²) in [5.74, 6) is 1.73. The Morgan fingerprint density at radius 1 is 1.22 bits per heavy atom. The van der Waals surface area contributed by atoms with Crippen LogP contribution in [-0.4, -0.2) is 14.8 Å². The van der Waals surface area contributed by atoms with Crippen molar-refractivity contribution in [2.24, 2.45) is 7.05 Å². The summed E-state index contributed by atoms with van der Waals surface area (Å²) < 4.78 is 7.73. The van der Waals surface area contributed by atoms with Gasteiger partial charge in [0.25, 0.3) is 0 Å². The van der Waals surface area contributed by atoms with Gasteiger partial charge in [0.1, 0.15) is 18.7 Å². The van der Waals surface area contributed by atoms with E-state index in [0.717, 1.165) is 11.6 Å². The summed E-state index contributed by atoms with van der Waals surface area (Å²) in [5.41, 5.74) is 1.27. The maximum absolute atomic E-state index is 5.87. The zero-order valence-corrected chi connectivity index (χ0v) is 11.3. The van der Waals surface area contributed by atoms with E-state index in [9.17, 15) is 0 Å². The molecule has 2 aromatic rings. The lowest BCUT2D eigenvalue weighted by molar-refractivity contribution is 0.283. The second-order valence-corrected chi connectivity index (χ2v) is 5.39. The average molecular weight is 245 g/mol. The second-order valence-electron chi connectivity index (χ2n) is 5.39. The van der Waals surface area contributed by atoms with Crippen molar-refractivity contribution in [3.8, 4) is 5.75 Å². The molecule has 0 atom stereocenters. The van der Waals surface area contributed by atoms with Crippen LogP contribution in [-0.2, 0) is 19.1 Å². The molecule has 1 aromatic carbocycles. The second kappa shape index (κ2) is 4.80. The van der Waals surface area contributed by atoms with Crippen LogP contribution in [0.3, 0.4) is 0 Å².